The number of benzene rings is 2. The van der Waals surface area contributed by atoms with Gasteiger partial charge in [-0.1, -0.05) is 12.1 Å². The normalized spacial score (nSPS) is 15.4. The SMILES string of the molecule is CN(Cc1ccc(C(F)(F)F)cc1)c1cc(C(=O)Nc2ccc(N3CCS(=O)(=O)CC3)cc2)ncn1. The maximum Gasteiger partial charge on any atom is 0.416 e. The van der Waals surface area contributed by atoms with E-state index in [-0.39, 0.29) is 23.7 Å². The molecule has 0 bridgehead atoms. The summed E-state index contributed by atoms with van der Waals surface area (Å²) in [5.74, 6) is 0.229. The quantitative estimate of drug-likeness (QED) is 0.532. The van der Waals surface area contributed by atoms with Gasteiger partial charge >= 0.3 is 6.18 Å². The van der Waals surface area contributed by atoms with Gasteiger partial charge in [-0.3, -0.25) is 4.79 Å². The number of hydrogen-bond acceptors (Lipinski definition) is 7. The molecule has 0 radical (unpaired) electrons. The predicted molar refractivity (Wildman–Crippen MR) is 131 cm³/mol. The molecule has 0 saturated carbocycles. The second kappa shape index (κ2) is 10.1. The van der Waals surface area contributed by atoms with Gasteiger partial charge < -0.3 is 15.1 Å². The summed E-state index contributed by atoms with van der Waals surface area (Å²) in [7, 11) is -1.25. The molecule has 12 heteroatoms. The highest BCUT2D eigenvalue weighted by Crippen LogP contribution is 2.29. The number of nitrogens with zero attached hydrogens (tertiary/aromatic N) is 4. The zero-order valence-corrected chi connectivity index (χ0v) is 20.2. The van der Waals surface area contributed by atoms with E-state index in [1.54, 1.807) is 24.1 Å². The molecule has 4 rings (SSSR count). The number of hydrogen-bond donors (Lipinski definition) is 1. The van der Waals surface area contributed by atoms with Crippen LogP contribution >= 0.6 is 0 Å². The lowest BCUT2D eigenvalue weighted by Gasteiger charge is -2.28. The molecule has 0 atom stereocenters. The molecule has 0 unspecified atom stereocenters. The van der Waals surface area contributed by atoms with E-state index in [1.165, 1.54) is 24.5 Å². The second-order valence-electron chi connectivity index (χ2n) is 8.45. The molecule has 3 aromatic rings. The van der Waals surface area contributed by atoms with Crippen LogP contribution in [-0.2, 0) is 22.6 Å². The first-order valence-corrected chi connectivity index (χ1v) is 12.9. The number of alkyl halides is 3. The lowest BCUT2D eigenvalue weighted by atomic mass is 10.1. The molecule has 190 valence electrons. The Morgan fingerprint density at radius 1 is 1.03 bits per heavy atom. The van der Waals surface area contributed by atoms with E-state index in [2.05, 4.69) is 15.3 Å². The molecular formula is C24H24F3N5O3S. The molecule has 1 amide bonds. The summed E-state index contributed by atoms with van der Waals surface area (Å²) in [6.07, 6.45) is -3.14. The summed E-state index contributed by atoms with van der Waals surface area (Å²) in [6.45, 7) is 1.14. The Bertz CT molecular complexity index is 1320. The van der Waals surface area contributed by atoms with Crippen molar-refractivity contribution in [2.45, 2.75) is 12.7 Å². The van der Waals surface area contributed by atoms with E-state index in [4.69, 9.17) is 0 Å². The Balaban J connectivity index is 1.38. The van der Waals surface area contributed by atoms with E-state index < -0.39 is 27.5 Å². The van der Waals surface area contributed by atoms with Crippen molar-refractivity contribution in [2.24, 2.45) is 0 Å². The molecule has 0 aliphatic carbocycles. The third kappa shape index (κ3) is 6.30. The Morgan fingerprint density at radius 2 is 1.67 bits per heavy atom. The van der Waals surface area contributed by atoms with E-state index in [0.717, 1.165) is 17.8 Å². The number of halogens is 3. The molecular weight excluding hydrogens is 495 g/mol. The highest BCUT2D eigenvalue weighted by molar-refractivity contribution is 7.91. The van der Waals surface area contributed by atoms with Crippen molar-refractivity contribution in [1.29, 1.82) is 0 Å². The van der Waals surface area contributed by atoms with Crippen LogP contribution in [-0.4, -0.2) is 55.9 Å². The first kappa shape index (κ1) is 25.4. The van der Waals surface area contributed by atoms with Gasteiger partial charge in [0.1, 0.15) is 17.8 Å². The third-order valence-corrected chi connectivity index (χ3v) is 7.42. The monoisotopic (exact) mass is 519 g/mol. The Labute approximate surface area is 206 Å². The zero-order valence-electron chi connectivity index (χ0n) is 19.4. The number of sulfone groups is 1. The minimum Gasteiger partial charge on any atom is -0.369 e. The van der Waals surface area contributed by atoms with Crippen molar-refractivity contribution < 1.29 is 26.4 Å². The molecule has 1 aliphatic heterocycles. The van der Waals surface area contributed by atoms with Crippen molar-refractivity contribution in [3.63, 3.8) is 0 Å². The molecule has 1 fully saturated rings. The largest absolute Gasteiger partial charge is 0.416 e. The Kier molecular flexibility index (Phi) is 7.16. The van der Waals surface area contributed by atoms with Gasteiger partial charge in [-0.15, -0.1) is 0 Å². The van der Waals surface area contributed by atoms with Crippen LogP contribution in [0.15, 0.2) is 60.9 Å². The van der Waals surface area contributed by atoms with Crippen molar-refractivity contribution in [2.75, 3.05) is 46.8 Å². The lowest BCUT2D eigenvalue weighted by Crippen LogP contribution is -2.40. The van der Waals surface area contributed by atoms with Gasteiger partial charge in [0.25, 0.3) is 5.91 Å². The van der Waals surface area contributed by atoms with Gasteiger partial charge in [-0.2, -0.15) is 13.2 Å². The Morgan fingerprint density at radius 3 is 2.28 bits per heavy atom. The number of rotatable bonds is 6. The van der Waals surface area contributed by atoms with Crippen LogP contribution in [0.2, 0.25) is 0 Å². The molecule has 1 aliphatic rings. The smallest absolute Gasteiger partial charge is 0.369 e. The summed E-state index contributed by atoms with van der Waals surface area (Å²) in [6, 6.07) is 13.5. The molecule has 2 heterocycles. The van der Waals surface area contributed by atoms with Gasteiger partial charge in [0.2, 0.25) is 0 Å². The molecule has 1 aromatic heterocycles. The van der Waals surface area contributed by atoms with Crippen molar-refractivity contribution in [1.82, 2.24) is 9.97 Å². The molecule has 2 aromatic carbocycles. The first-order valence-electron chi connectivity index (χ1n) is 11.1. The van der Waals surface area contributed by atoms with Gasteiger partial charge in [0.15, 0.2) is 9.84 Å². The number of carbonyl (C=O) groups excluding carboxylic acids is 1. The van der Waals surface area contributed by atoms with Crippen molar-refractivity contribution in [3.05, 3.63) is 77.7 Å². The Hall–Kier alpha value is -3.67. The summed E-state index contributed by atoms with van der Waals surface area (Å²) < 4.78 is 61.5. The van der Waals surface area contributed by atoms with Crippen LogP contribution < -0.4 is 15.1 Å². The van der Waals surface area contributed by atoms with Gasteiger partial charge in [0.05, 0.1) is 17.1 Å². The zero-order chi connectivity index (χ0) is 25.9. The molecule has 0 spiro atoms. The fourth-order valence-corrected chi connectivity index (χ4v) is 4.96. The summed E-state index contributed by atoms with van der Waals surface area (Å²) >= 11 is 0. The van der Waals surface area contributed by atoms with Crippen molar-refractivity contribution in [3.8, 4) is 0 Å². The maximum absolute atomic E-state index is 12.8. The van der Waals surface area contributed by atoms with E-state index >= 15 is 0 Å². The van der Waals surface area contributed by atoms with Crippen LogP contribution in [0.3, 0.4) is 0 Å². The van der Waals surface area contributed by atoms with Crippen LogP contribution in [0.5, 0.6) is 0 Å². The average molecular weight is 520 g/mol. The van der Waals surface area contributed by atoms with Gasteiger partial charge in [-0.25, -0.2) is 18.4 Å². The predicted octanol–water partition coefficient (Wildman–Crippen LogP) is 3.62. The fraction of sp³-hybridized carbons (Fsp3) is 0.292. The van der Waals surface area contributed by atoms with Gasteiger partial charge in [-0.05, 0) is 42.0 Å². The van der Waals surface area contributed by atoms with E-state index in [1.807, 2.05) is 17.0 Å². The van der Waals surface area contributed by atoms with Crippen LogP contribution in [0.1, 0.15) is 21.6 Å². The highest BCUT2D eigenvalue weighted by atomic mass is 32.2. The summed E-state index contributed by atoms with van der Waals surface area (Å²) in [5.41, 5.74) is 1.49. The van der Waals surface area contributed by atoms with Gasteiger partial charge in [0, 0.05) is 44.1 Å². The second-order valence-corrected chi connectivity index (χ2v) is 10.8. The first-order chi connectivity index (χ1) is 17.0. The minimum absolute atomic E-state index is 0.120. The van der Waals surface area contributed by atoms with E-state index in [9.17, 15) is 26.4 Å². The molecule has 1 saturated heterocycles. The molecule has 8 nitrogen and oxygen atoms in total. The van der Waals surface area contributed by atoms with Crippen molar-refractivity contribution >= 4 is 32.9 Å². The third-order valence-electron chi connectivity index (χ3n) is 5.81. The standard InChI is InChI=1S/C24H24F3N5O3S/c1-31(15-17-2-4-18(5-3-17)24(25,26)27)22-14-21(28-16-29-22)23(33)30-19-6-8-20(9-7-19)32-10-12-36(34,35)13-11-32/h2-9,14,16H,10-13,15H2,1H3,(H,30,33). The average Bonchev–Trinajstić information content (AvgIpc) is 2.84. The number of aromatic nitrogens is 2. The molecule has 1 N–H and O–H groups in total. The highest BCUT2D eigenvalue weighted by Gasteiger charge is 2.30. The lowest BCUT2D eigenvalue weighted by molar-refractivity contribution is -0.137. The topological polar surface area (TPSA) is 95.5 Å². The molecule has 36 heavy (non-hydrogen) atoms. The van der Waals surface area contributed by atoms with Crippen LogP contribution in [0, 0.1) is 0 Å². The summed E-state index contributed by atoms with van der Waals surface area (Å²) in [4.78, 5) is 24.6. The summed E-state index contributed by atoms with van der Waals surface area (Å²) in [5, 5.41) is 2.77. The van der Waals surface area contributed by atoms with E-state index in [0.29, 0.717) is 30.2 Å². The number of amides is 1. The van der Waals surface area contributed by atoms with Crippen LogP contribution in [0.25, 0.3) is 0 Å². The number of nitrogens with one attached hydrogen (secondary N) is 1. The van der Waals surface area contributed by atoms with Crippen LogP contribution in [0.4, 0.5) is 30.4 Å². The number of anilines is 3. The number of carbonyl (C=O) groups is 1. The fourth-order valence-electron chi connectivity index (χ4n) is 3.76. The maximum atomic E-state index is 12.8. The minimum atomic E-state index is -4.39.